The monoisotopic (exact) mass is 366 g/mol. The van der Waals surface area contributed by atoms with Crippen molar-refractivity contribution in [3.8, 4) is 0 Å². The van der Waals surface area contributed by atoms with Gasteiger partial charge in [-0.05, 0) is 59.8 Å². The molecule has 0 amide bonds. The van der Waals surface area contributed by atoms with Gasteiger partial charge < -0.3 is 10.4 Å². The van der Waals surface area contributed by atoms with Gasteiger partial charge in [-0.1, -0.05) is 6.07 Å². The van der Waals surface area contributed by atoms with Crippen LogP contribution in [0.25, 0.3) is 0 Å². The molecule has 1 unspecified atom stereocenters. The van der Waals surface area contributed by atoms with Crippen LogP contribution in [-0.4, -0.2) is 16.1 Å². The first-order chi connectivity index (χ1) is 9.95. The fourth-order valence-corrected chi connectivity index (χ4v) is 4.52. The quantitative estimate of drug-likeness (QED) is 0.845. The third-order valence-electron chi connectivity index (χ3n) is 3.68. The lowest BCUT2D eigenvalue weighted by Crippen LogP contribution is -2.08. The molecule has 21 heavy (non-hydrogen) atoms. The van der Waals surface area contributed by atoms with Crippen molar-refractivity contribution in [1.82, 2.24) is 4.98 Å². The molecule has 1 aliphatic rings. The molecule has 110 valence electrons. The van der Waals surface area contributed by atoms with E-state index in [1.54, 1.807) is 11.3 Å². The summed E-state index contributed by atoms with van der Waals surface area (Å²) in [7, 11) is 0. The van der Waals surface area contributed by atoms with Crippen LogP contribution in [0.2, 0.25) is 0 Å². The van der Waals surface area contributed by atoms with Gasteiger partial charge in [0.05, 0.1) is 11.4 Å². The second-order valence-corrected chi connectivity index (χ2v) is 7.26. The molecule has 2 aromatic rings. The Balaban J connectivity index is 1.91. The fourth-order valence-electron chi connectivity index (χ4n) is 2.70. The minimum Gasteiger partial charge on any atom is -0.481 e. The molecule has 1 heterocycles. The van der Waals surface area contributed by atoms with E-state index in [-0.39, 0.29) is 0 Å². The highest BCUT2D eigenvalue weighted by molar-refractivity contribution is 9.10. The molecule has 1 atom stereocenters. The van der Waals surface area contributed by atoms with Crippen LogP contribution in [0.15, 0.2) is 16.6 Å². The predicted octanol–water partition coefficient (Wildman–Crippen LogP) is 4.38. The fraction of sp³-hybridized carbons (Fsp3) is 0.333. The summed E-state index contributed by atoms with van der Waals surface area (Å²) >= 11 is 5.12. The van der Waals surface area contributed by atoms with E-state index in [9.17, 15) is 9.90 Å². The molecule has 1 aliphatic carbocycles. The van der Waals surface area contributed by atoms with Gasteiger partial charge in [-0.2, -0.15) is 0 Å². The van der Waals surface area contributed by atoms with Crippen LogP contribution in [0.5, 0.6) is 0 Å². The molecule has 0 bridgehead atoms. The molecular formula is C15H15BrN2O2S. The number of hydrogen-bond acceptors (Lipinski definition) is 4. The number of aromatic nitrogens is 1. The van der Waals surface area contributed by atoms with E-state index in [1.165, 1.54) is 5.56 Å². The molecule has 2 N–H and O–H groups in total. The minimum absolute atomic E-state index is 0.450. The largest absolute Gasteiger partial charge is 0.481 e. The Kier molecular flexibility index (Phi) is 3.75. The lowest BCUT2D eigenvalue weighted by atomic mass is 10.1. The van der Waals surface area contributed by atoms with Crippen molar-refractivity contribution in [3.05, 3.63) is 38.3 Å². The van der Waals surface area contributed by atoms with E-state index in [0.717, 1.165) is 37.8 Å². The smallest absolute Gasteiger partial charge is 0.312 e. The van der Waals surface area contributed by atoms with Crippen LogP contribution in [0.4, 0.5) is 10.8 Å². The Morgan fingerprint density at radius 3 is 2.90 bits per heavy atom. The number of rotatable bonds is 3. The van der Waals surface area contributed by atoms with Crippen LogP contribution < -0.4 is 5.32 Å². The van der Waals surface area contributed by atoms with Crippen molar-refractivity contribution in [2.45, 2.75) is 32.6 Å². The van der Waals surface area contributed by atoms with Crippen molar-refractivity contribution >= 4 is 44.1 Å². The van der Waals surface area contributed by atoms with Gasteiger partial charge >= 0.3 is 5.97 Å². The summed E-state index contributed by atoms with van der Waals surface area (Å²) < 4.78 is 0.991. The lowest BCUT2D eigenvalue weighted by Gasteiger charge is -2.11. The average Bonchev–Trinajstić information content (AvgIpc) is 2.92. The Labute approximate surface area is 135 Å². The number of aliphatic carboxylic acids is 1. The summed E-state index contributed by atoms with van der Waals surface area (Å²) in [6.45, 7) is 4.10. The first-order valence-electron chi connectivity index (χ1n) is 6.72. The zero-order valence-electron chi connectivity index (χ0n) is 11.7. The number of anilines is 2. The molecule has 0 fully saturated rings. The highest BCUT2D eigenvalue weighted by atomic mass is 79.9. The van der Waals surface area contributed by atoms with Crippen molar-refractivity contribution in [1.29, 1.82) is 0 Å². The summed E-state index contributed by atoms with van der Waals surface area (Å²) in [6, 6.07) is 4.16. The average molecular weight is 367 g/mol. The third kappa shape index (κ3) is 2.70. The molecule has 0 radical (unpaired) electrons. The van der Waals surface area contributed by atoms with Crippen molar-refractivity contribution < 1.29 is 9.90 Å². The summed E-state index contributed by atoms with van der Waals surface area (Å²) in [5.41, 5.74) is 4.04. The number of carbonyl (C=O) groups is 1. The van der Waals surface area contributed by atoms with Crippen LogP contribution in [-0.2, 0) is 11.2 Å². The van der Waals surface area contributed by atoms with Gasteiger partial charge in [0, 0.05) is 9.35 Å². The van der Waals surface area contributed by atoms with Gasteiger partial charge in [0.25, 0.3) is 0 Å². The number of halogens is 1. The van der Waals surface area contributed by atoms with E-state index in [2.05, 4.69) is 45.3 Å². The maximum absolute atomic E-state index is 11.2. The number of thiazole rings is 1. The van der Waals surface area contributed by atoms with E-state index < -0.39 is 11.9 Å². The molecule has 0 spiro atoms. The second kappa shape index (κ2) is 5.42. The summed E-state index contributed by atoms with van der Waals surface area (Å²) in [5.74, 6) is -1.23. The summed E-state index contributed by atoms with van der Waals surface area (Å²) in [5, 5.41) is 13.3. The molecule has 1 aromatic carbocycles. The predicted molar refractivity (Wildman–Crippen MR) is 87.7 cm³/mol. The maximum Gasteiger partial charge on any atom is 0.312 e. The standard InChI is InChI=1S/C15H15BrN2O2S/c1-7-5-8(2)12(10(16)6-7)17-15-18-13-9(14(19)20)3-4-11(13)21-15/h5-6,9H,3-4H2,1-2H3,(H,17,18)(H,19,20). The number of hydrogen-bond donors (Lipinski definition) is 2. The zero-order chi connectivity index (χ0) is 15.1. The van der Waals surface area contributed by atoms with Crippen molar-refractivity contribution in [2.75, 3.05) is 5.32 Å². The van der Waals surface area contributed by atoms with Gasteiger partial charge in [0.1, 0.15) is 5.92 Å². The molecule has 3 rings (SSSR count). The van der Waals surface area contributed by atoms with Gasteiger partial charge in [0.15, 0.2) is 5.13 Å². The first-order valence-corrected chi connectivity index (χ1v) is 8.33. The topological polar surface area (TPSA) is 62.2 Å². The summed E-state index contributed by atoms with van der Waals surface area (Å²) in [6.07, 6.45) is 1.47. The molecule has 6 heteroatoms. The number of nitrogens with zero attached hydrogens (tertiary/aromatic N) is 1. The number of aryl methyl sites for hydroxylation is 3. The van der Waals surface area contributed by atoms with E-state index in [0.29, 0.717) is 6.42 Å². The van der Waals surface area contributed by atoms with Gasteiger partial charge in [0.2, 0.25) is 0 Å². The number of carboxylic acids is 1. The van der Waals surface area contributed by atoms with Crippen molar-refractivity contribution in [3.63, 3.8) is 0 Å². The number of fused-ring (bicyclic) bond motifs is 1. The number of nitrogens with one attached hydrogen (secondary N) is 1. The molecule has 4 nitrogen and oxygen atoms in total. The Bertz CT molecular complexity index is 703. The van der Waals surface area contributed by atoms with Crippen LogP contribution in [0.3, 0.4) is 0 Å². The van der Waals surface area contributed by atoms with E-state index in [4.69, 9.17) is 0 Å². The lowest BCUT2D eigenvalue weighted by molar-refractivity contribution is -0.138. The molecule has 0 aliphatic heterocycles. The molecule has 1 aromatic heterocycles. The number of carboxylic acid groups (broad SMARTS) is 1. The highest BCUT2D eigenvalue weighted by Gasteiger charge is 2.32. The van der Waals surface area contributed by atoms with Gasteiger partial charge in [-0.3, -0.25) is 4.79 Å². The molecule has 0 saturated heterocycles. The van der Waals surface area contributed by atoms with Gasteiger partial charge in [-0.15, -0.1) is 11.3 Å². The maximum atomic E-state index is 11.2. The second-order valence-electron chi connectivity index (χ2n) is 5.32. The third-order valence-corrected chi connectivity index (χ3v) is 5.35. The van der Waals surface area contributed by atoms with Gasteiger partial charge in [-0.25, -0.2) is 4.98 Å². The number of benzene rings is 1. The normalized spacial score (nSPS) is 16.8. The SMILES string of the molecule is Cc1cc(C)c(Nc2nc3c(s2)CCC3C(=O)O)c(Br)c1. The zero-order valence-corrected chi connectivity index (χ0v) is 14.1. The minimum atomic E-state index is -0.779. The van der Waals surface area contributed by atoms with Crippen molar-refractivity contribution in [2.24, 2.45) is 0 Å². The van der Waals surface area contributed by atoms with E-state index >= 15 is 0 Å². The van der Waals surface area contributed by atoms with E-state index in [1.807, 2.05) is 6.92 Å². The summed E-state index contributed by atoms with van der Waals surface area (Å²) in [4.78, 5) is 16.8. The van der Waals surface area contributed by atoms with Crippen LogP contribution in [0, 0.1) is 13.8 Å². The Morgan fingerprint density at radius 2 is 2.24 bits per heavy atom. The van der Waals surface area contributed by atoms with Crippen LogP contribution >= 0.6 is 27.3 Å². The molecule has 0 saturated carbocycles. The highest BCUT2D eigenvalue weighted by Crippen LogP contribution is 2.40. The van der Waals surface area contributed by atoms with Crippen LogP contribution in [0.1, 0.15) is 34.0 Å². The Morgan fingerprint density at radius 1 is 1.48 bits per heavy atom. The first kappa shape index (κ1) is 14.5. The Hall–Kier alpha value is -1.40. The molecular weight excluding hydrogens is 352 g/mol.